The molecule has 194 valence electrons. The fraction of sp³-hybridized carbons (Fsp3) is 0.407. The number of nitrogens with zero attached hydrogens (tertiary/aromatic N) is 1. The van der Waals surface area contributed by atoms with E-state index in [0.717, 1.165) is 5.56 Å². The molecule has 8 nitrogen and oxygen atoms in total. The van der Waals surface area contributed by atoms with E-state index >= 15 is 0 Å². The van der Waals surface area contributed by atoms with Gasteiger partial charge in [-0.1, -0.05) is 31.5 Å². The largest absolute Gasteiger partial charge is 0.507 e. The van der Waals surface area contributed by atoms with Crippen molar-refractivity contribution in [2.75, 3.05) is 41.1 Å². The highest BCUT2D eigenvalue weighted by Gasteiger charge is 2.46. The lowest BCUT2D eigenvalue weighted by Crippen LogP contribution is -2.32. The number of carbonyl (C=O) groups is 2. The van der Waals surface area contributed by atoms with E-state index in [4.69, 9.17) is 30.5 Å². The number of amides is 1. The molecule has 0 radical (unpaired) electrons. The van der Waals surface area contributed by atoms with Crippen LogP contribution >= 0.6 is 11.6 Å². The summed E-state index contributed by atoms with van der Waals surface area (Å²) in [5.41, 5.74) is 1.48. The molecular weight excluding hydrogens is 486 g/mol. The molecule has 1 saturated heterocycles. The van der Waals surface area contributed by atoms with Crippen molar-refractivity contribution in [2.24, 2.45) is 5.92 Å². The molecule has 0 bridgehead atoms. The zero-order valence-corrected chi connectivity index (χ0v) is 22.1. The van der Waals surface area contributed by atoms with Crippen molar-refractivity contribution in [1.29, 1.82) is 0 Å². The maximum atomic E-state index is 13.3. The molecule has 9 heteroatoms. The third-order valence-corrected chi connectivity index (χ3v) is 6.08. The van der Waals surface area contributed by atoms with Crippen molar-refractivity contribution in [1.82, 2.24) is 4.90 Å². The lowest BCUT2D eigenvalue weighted by atomic mass is 9.94. The number of methoxy groups -OCH3 is 3. The summed E-state index contributed by atoms with van der Waals surface area (Å²) in [5.74, 6) is -0.467. The van der Waals surface area contributed by atoms with E-state index in [1.165, 1.54) is 26.2 Å². The minimum atomic E-state index is -0.892. The van der Waals surface area contributed by atoms with Gasteiger partial charge < -0.3 is 29.0 Å². The predicted octanol–water partition coefficient (Wildman–Crippen LogP) is 4.77. The van der Waals surface area contributed by atoms with Gasteiger partial charge in [-0.05, 0) is 48.2 Å². The van der Waals surface area contributed by atoms with Gasteiger partial charge >= 0.3 is 0 Å². The average Bonchev–Trinajstić information content (AvgIpc) is 3.09. The van der Waals surface area contributed by atoms with Crippen LogP contribution in [0.15, 0.2) is 35.9 Å². The van der Waals surface area contributed by atoms with Gasteiger partial charge in [-0.3, -0.25) is 9.59 Å². The van der Waals surface area contributed by atoms with Crippen LogP contribution in [0.4, 0.5) is 0 Å². The number of aliphatic hydroxyl groups excluding tert-OH is 1. The molecule has 2 aromatic carbocycles. The van der Waals surface area contributed by atoms with Crippen LogP contribution in [0.2, 0.25) is 5.02 Å². The van der Waals surface area contributed by atoms with Crippen molar-refractivity contribution >= 4 is 29.1 Å². The third kappa shape index (κ3) is 5.44. The van der Waals surface area contributed by atoms with Gasteiger partial charge in [-0.15, -0.1) is 0 Å². The van der Waals surface area contributed by atoms with Crippen LogP contribution < -0.4 is 14.2 Å². The standard InChI is InChI=1S/C27H32ClNO7/c1-15(2)14-36-21-13-17(7-8-20(21)34-5)23-22(25(31)27(32)29(23)9-10-33-4)24(30)18-11-16(3)12-19(28)26(18)35-6/h7-8,11-13,15,23,30H,9-10,14H2,1-6H3/b24-22+. The van der Waals surface area contributed by atoms with Crippen LogP contribution in [-0.4, -0.2) is 62.8 Å². The number of benzene rings is 2. The summed E-state index contributed by atoms with van der Waals surface area (Å²) >= 11 is 6.35. The maximum Gasteiger partial charge on any atom is 0.295 e. The minimum absolute atomic E-state index is 0.0731. The highest BCUT2D eigenvalue weighted by molar-refractivity contribution is 6.46. The van der Waals surface area contributed by atoms with Crippen LogP contribution in [0.5, 0.6) is 17.2 Å². The van der Waals surface area contributed by atoms with E-state index < -0.39 is 17.7 Å². The minimum Gasteiger partial charge on any atom is -0.507 e. The molecule has 0 saturated carbocycles. The lowest BCUT2D eigenvalue weighted by molar-refractivity contribution is -0.140. The molecule has 0 aliphatic carbocycles. The zero-order valence-electron chi connectivity index (χ0n) is 21.4. The summed E-state index contributed by atoms with van der Waals surface area (Å²) in [6, 6.07) is 7.64. The molecule has 0 spiro atoms. The van der Waals surface area contributed by atoms with Crippen molar-refractivity contribution < 1.29 is 33.6 Å². The van der Waals surface area contributed by atoms with Crippen LogP contribution in [0, 0.1) is 12.8 Å². The number of ether oxygens (including phenoxy) is 4. The summed E-state index contributed by atoms with van der Waals surface area (Å²) in [5, 5.41) is 11.7. The predicted molar refractivity (Wildman–Crippen MR) is 137 cm³/mol. The van der Waals surface area contributed by atoms with Gasteiger partial charge in [0.2, 0.25) is 0 Å². The monoisotopic (exact) mass is 517 g/mol. The maximum absolute atomic E-state index is 13.3. The quantitative estimate of drug-likeness (QED) is 0.275. The number of halogens is 1. The Bertz CT molecular complexity index is 1170. The first-order valence-corrected chi connectivity index (χ1v) is 11.9. The average molecular weight is 518 g/mol. The zero-order chi connectivity index (χ0) is 26.6. The summed E-state index contributed by atoms with van der Waals surface area (Å²) in [4.78, 5) is 27.8. The van der Waals surface area contributed by atoms with E-state index in [9.17, 15) is 14.7 Å². The number of ketones is 1. The van der Waals surface area contributed by atoms with Gasteiger partial charge in [0.1, 0.15) is 11.5 Å². The Labute approximate surface area is 216 Å². The van der Waals surface area contributed by atoms with Crippen LogP contribution in [0.25, 0.3) is 5.76 Å². The molecule has 1 heterocycles. The first-order chi connectivity index (χ1) is 17.1. The van der Waals surface area contributed by atoms with Gasteiger partial charge in [-0.2, -0.15) is 0 Å². The third-order valence-electron chi connectivity index (χ3n) is 5.80. The Kier molecular flexibility index (Phi) is 8.87. The second-order valence-electron chi connectivity index (χ2n) is 8.93. The second kappa shape index (κ2) is 11.7. The molecule has 0 aromatic heterocycles. The van der Waals surface area contributed by atoms with Crippen LogP contribution in [-0.2, 0) is 14.3 Å². The number of likely N-dealkylation sites (tertiary alicyclic amines) is 1. The number of hydrogen-bond donors (Lipinski definition) is 1. The number of hydrogen-bond acceptors (Lipinski definition) is 7. The molecule has 1 unspecified atom stereocenters. The molecular formula is C27H32ClNO7. The van der Waals surface area contributed by atoms with E-state index in [-0.39, 0.29) is 46.7 Å². The first kappa shape index (κ1) is 27.4. The topological polar surface area (TPSA) is 94.5 Å². The summed E-state index contributed by atoms with van der Waals surface area (Å²) in [6.45, 7) is 6.65. The molecule has 3 rings (SSSR count). The van der Waals surface area contributed by atoms with Gasteiger partial charge in [0.25, 0.3) is 11.7 Å². The Morgan fingerprint density at radius 2 is 1.81 bits per heavy atom. The number of Topliss-reactive ketones (excluding diaryl/α,β-unsaturated/α-hetero) is 1. The van der Waals surface area contributed by atoms with Crippen molar-refractivity contribution in [3.63, 3.8) is 0 Å². The highest BCUT2D eigenvalue weighted by Crippen LogP contribution is 2.44. The Balaban J connectivity index is 2.25. The molecule has 2 aromatic rings. The van der Waals surface area contributed by atoms with Crippen LogP contribution in [0.1, 0.15) is 36.6 Å². The summed E-state index contributed by atoms with van der Waals surface area (Å²) < 4.78 is 22.0. The first-order valence-electron chi connectivity index (χ1n) is 11.6. The lowest BCUT2D eigenvalue weighted by Gasteiger charge is -2.26. The second-order valence-corrected chi connectivity index (χ2v) is 9.34. The molecule has 1 fully saturated rings. The van der Waals surface area contributed by atoms with E-state index in [1.807, 2.05) is 13.8 Å². The fourth-order valence-corrected chi connectivity index (χ4v) is 4.49. The normalized spacial score (nSPS) is 17.1. The number of aryl methyl sites for hydroxylation is 1. The Morgan fingerprint density at radius 3 is 2.42 bits per heavy atom. The SMILES string of the molecule is COCCN1C(=O)C(=O)/C(=C(/O)c2cc(C)cc(Cl)c2OC)C1c1ccc(OC)c(OCC(C)C)c1. The summed E-state index contributed by atoms with van der Waals surface area (Å²) in [7, 11) is 4.47. The molecule has 1 N–H and O–H groups in total. The number of rotatable bonds is 10. The smallest absolute Gasteiger partial charge is 0.295 e. The number of carbonyl (C=O) groups excluding carboxylic acids is 2. The van der Waals surface area contributed by atoms with E-state index in [0.29, 0.717) is 23.7 Å². The molecule has 1 amide bonds. The fourth-order valence-electron chi connectivity index (χ4n) is 4.14. The Hall–Kier alpha value is -3.23. The van der Waals surface area contributed by atoms with Crippen molar-refractivity contribution in [3.05, 3.63) is 57.6 Å². The molecule has 1 aliphatic rings. The highest BCUT2D eigenvalue weighted by atomic mass is 35.5. The molecule has 1 atom stereocenters. The van der Waals surface area contributed by atoms with Crippen molar-refractivity contribution in [2.45, 2.75) is 26.8 Å². The number of aliphatic hydroxyl groups is 1. The van der Waals surface area contributed by atoms with Gasteiger partial charge in [-0.25, -0.2) is 0 Å². The van der Waals surface area contributed by atoms with Crippen LogP contribution in [0.3, 0.4) is 0 Å². The molecule has 36 heavy (non-hydrogen) atoms. The Morgan fingerprint density at radius 1 is 1.08 bits per heavy atom. The van der Waals surface area contributed by atoms with E-state index in [1.54, 1.807) is 37.3 Å². The van der Waals surface area contributed by atoms with Gasteiger partial charge in [0.15, 0.2) is 11.5 Å². The van der Waals surface area contributed by atoms with Gasteiger partial charge in [0.05, 0.1) is 49.6 Å². The summed E-state index contributed by atoms with van der Waals surface area (Å²) in [6.07, 6.45) is 0. The van der Waals surface area contributed by atoms with E-state index in [2.05, 4.69) is 0 Å². The van der Waals surface area contributed by atoms with Gasteiger partial charge in [0, 0.05) is 13.7 Å². The molecule has 1 aliphatic heterocycles. The van der Waals surface area contributed by atoms with Crippen molar-refractivity contribution in [3.8, 4) is 17.2 Å².